The first-order valence-electron chi connectivity index (χ1n) is 15.3. The SMILES string of the molecule is Cc1ccc(CN(C(=O)CN(c2ccccc2C)S(=O)(=O)c2ccc(C)cc2)[C@H](Cc2ccccc2)C(=O)NCC(C)C)cc1. The van der Waals surface area contributed by atoms with Gasteiger partial charge in [0.05, 0.1) is 10.6 Å². The summed E-state index contributed by atoms with van der Waals surface area (Å²) in [5.74, 6) is -0.546. The number of aryl methyl sites for hydroxylation is 3. The Morgan fingerprint density at radius 1 is 0.733 bits per heavy atom. The molecule has 8 heteroatoms. The number of sulfonamides is 1. The average Bonchev–Trinajstić information content (AvgIpc) is 3.02. The lowest BCUT2D eigenvalue weighted by Crippen LogP contribution is -2.53. The van der Waals surface area contributed by atoms with E-state index in [-0.39, 0.29) is 29.7 Å². The zero-order chi connectivity index (χ0) is 32.6. The van der Waals surface area contributed by atoms with Crippen LogP contribution >= 0.6 is 0 Å². The lowest BCUT2D eigenvalue weighted by Gasteiger charge is -2.34. The number of carbonyl (C=O) groups is 2. The smallest absolute Gasteiger partial charge is 0.264 e. The molecule has 2 amide bonds. The van der Waals surface area contributed by atoms with E-state index in [2.05, 4.69) is 5.32 Å². The van der Waals surface area contributed by atoms with Crippen LogP contribution in [0.15, 0.2) is 108 Å². The normalized spacial score (nSPS) is 12.0. The zero-order valence-corrected chi connectivity index (χ0v) is 27.6. The van der Waals surface area contributed by atoms with Crippen molar-refractivity contribution >= 4 is 27.5 Å². The van der Waals surface area contributed by atoms with Crippen LogP contribution in [0.4, 0.5) is 5.69 Å². The van der Waals surface area contributed by atoms with Crippen LogP contribution in [0.3, 0.4) is 0 Å². The summed E-state index contributed by atoms with van der Waals surface area (Å²) in [7, 11) is -4.14. The Hall–Kier alpha value is -4.43. The molecule has 0 saturated carbocycles. The lowest BCUT2D eigenvalue weighted by atomic mass is 10.0. The van der Waals surface area contributed by atoms with E-state index in [4.69, 9.17) is 0 Å². The molecule has 1 N–H and O–H groups in total. The van der Waals surface area contributed by atoms with Crippen LogP contribution in [-0.4, -0.2) is 44.3 Å². The highest BCUT2D eigenvalue weighted by Crippen LogP contribution is 2.28. The third-order valence-electron chi connectivity index (χ3n) is 7.70. The van der Waals surface area contributed by atoms with Gasteiger partial charge in [0.15, 0.2) is 0 Å². The van der Waals surface area contributed by atoms with Crippen LogP contribution < -0.4 is 9.62 Å². The number of nitrogens with one attached hydrogen (secondary N) is 1. The molecule has 0 aromatic heterocycles. The van der Waals surface area contributed by atoms with E-state index in [9.17, 15) is 18.0 Å². The molecular weight excluding hydrogens is 582 g/mol. The fraction of sp³-hybridized carbons (Fsp3) is 0.297. The summed E-state index contributed by atoms with van der Waals surface area (Å²) in [5, 5.41) is 3.02. The predicted octanol–water partition coefficient (Wildman–Crippen LogP) is 6.22. The number of anilines is 1. The number of hydrogen-bond acceptors (Lipinski definition) is 4. The number of rotatable bonds is 13. The summed E-state index contributed by atoms with van der Waals surface area (Å²) < 4.78 is 29.6. The summed E-state index contributed by atoms with van der Waals surface area (Å²) in [4.78, 5) is 30.0. The van der Waals surface area contributed by atoms with Gasteiger partial charge in [-0.2, -0.15) is 0 Å². The fourth-order valence-corrected chi connectivity index (χ4v) is 6.54. The first-order valence-corrected chi connectivity index (χ1v) is 16.7. The van der Waals surface area contributed by atoms with Crippen molar-refractivity contribution in [2.45, 2.75) is 58.5 Å². The molecule has 0 fully saturated rings. The second-order valence-corrected chi connectivity index (χ2v) is 13.8. The molecule has 1 atom stereocenters. The highest BCUT2D eigenvalue weighted by atomic mass is 32.2. The van der Waals surface area contributed by atoms with Crippen LogP contribution in [-0.2, 0) is 32.6 Å². The monoisotopic (exact) mass is 625 g/mol. The van der Waals surface area contributed by atoms with Gasteiger partial charge in [0.2, 0.25) is 11.8 Å². The predicted molar refractivity (Wildman–Crippen MR) is 180 cm³/mol. The Kier molecular flexibility index (Phi) is 11.2. The van der Waals surface area contributed by atoms with E-state index in [0.717, 1.165) is 22.3 Å². The molecule has 0 aliphatic carbocycles. The molecule has 4 rings (SSSR count). The molecule has 0 saturated heterocycles. The molecule has 0 heterocycles. The molecule has 7 nitrogen and oxygen atoms in total. The van der Waals surface area contributed by atoms with Crippen molar-refractivity contribution in [1.29, 1.82) is 0 Å². The number of para-hydroxylation sites is 1. The van der Waals surface area contributed by atoms with Crippen molar-refractivity contribution < 1.29 is 18.0 Å². The highest BCUT2D eigenvalue weighted by molar-refractivity contribution is 7.92. The van der Waals surface area contributed by atoms with Gasteiger partial charge in [0.1, 0.15) is 12.6 Å². The van der Waals surface area contributed by atoms with Crippen LogP contribution in [0.2, 0.25) is 0 Å². The first-order chi connectivity index (χ1) is 21.5. The molecule has 0 unspecified atom stereocenters. The van der Waals surface area contributed by atoms with E-state index in [1.165, 1.54) is 9.21 Å². The maximum absolute atomic E-state index is 14.6. The Bertz CT molecular complexity index is 1690. The second kappa shape index (κ2) is 15.0. The van der Waals surface area contributed by atoms with Crippen LogP contribution in [0.1, 0.15) is 41.7 Å². The van der Waals surface area contributed by atoms with Crippen LogP contribution in [0.25, 0.3) is 0 Å². The molecule has 4 aromatic rings. The lowest BCUT2D eigenvalue weighted by molar-refractivity contribution is -0.140. The summed E-state index contributed by atoms with van der Waals surface area (Å²) in [5.41, 5.74) is 4.85. The number of hydrogen-bond donors (Lipinski definition) is 1. The maximum Gasteiger partial charge on any atom is 0.264 e. The van der Waals surface area contributed by atoms with Gasteiger partial charge in [-0.05, 0) is 61.6 Å². The summed E-state index contributed by atoms with van der Waals surface area (Å²) >= 11 is 0. The van der Waals surface area contributed by atoms with Crippen molar-refractivity contribution in [3.05, 3.63) is 131 Å². The van der Waals surface area contributed by atoms with Gasteiger partial charge in [-0.3, -0.25) is 13.9 Å². The maximum atomic E-state index is 14.6. The minimum Gasteiger partial charge on any atom is -0.354 e. The molecule has 236 valence electrons. The first kappa shape index (κ1) is 33.5. The van der Waals surface area contributed by atoms with E-state index >= 15 is 0 Å². The van der Waals surface area contributed by atoms with E-state index < -0.39 is 28.5 Å². The number of nitrogens with zero attached hydrogens (tertiary/aromatic N) is 2. The van der Waals surface area contributed by atoms with Gasteiger partial charge in [-0.1, -0.05) is 110 Å². The molecule has 0 radical (unpaired) electrons. The highest BCUT2D eigenvalue weighted by Gasteiger charge is 2.35. The summed E-state index contributed by atoms with van der Waals surface area (Å²) in [6.07, 6.45) is 0.275. The third kappa shape index (κ3) is 8.82. The molecule has 0 bridgehead atoms. The number of amides is 2. The minimum atomic E-state index is -4.14. The second-order valence-electron chi connectivity index (χ2n) is 12.0. The molecule has 4 aromatic carbocycles. The van der Waals surface area contributed by atoms with Crippen molar-refractivity contribution in [2.24, 2.45) is 5.92 Å². The summed E-state index contributed by atoms with van der Waals surface area (Å²) in [6.45, 7) is 9.83. The van der Waals surface area contributed by atoms with E-state index in [0.29, 0.717) is 17.8 Å². The van der Waals surface area contributed by atoms with Crippen molar-refractivity contribution in [3.63, 3.8) is 0 Å². The summed E-state index contributed by atoms with van der Waals surface area (Å²) in [6, 6.07) is 30.2. The topological polar surface area (TPSA) is 86.8 Å². The van der Waals surface area contributed by atoms with Gasteiger partial charge in [-0.15, -0.1) is 0 Å². The Morgan fingerprint density at radius 2 is 1.31 bits per heavy atom. The quantitative estimate of drug-likeness (QED) is 0.191. The van der Waals surface area contributed by atoms with Gasteiger partial charge in [0, 0.05) is 19.5 Å². The Balaban J connectivity index is 1.80. The fourth-order valence-electron chi connectivity index (χ4n) is 5.06. The molecule has 45 heavy (non-hydrogen) atoms. The standard InChI is InChI=1S/C37H43N3O4S/c1-27(2)24-38-37(42)35(23-31-12-7-6-8-13-31)39(25-32-19-15-28(3)16-20-32)36(41)26-40(34-14-10-9-11-30(34)5)45(43,44)33-21-17-29(4)18-22-33/h6-22,27,35H,23-26H2,1-5H3,(H,38,42)/t35-/m1/s1. The van der Waals surface area contributed by atoms with Crippen molar-refractivity contribution in [2.75, 3.05) is 17.4 Å². The molecular formula is C37H43N3O4S. The van der Waals surface area contributed by atoms with Crippen molar-refractivity contribution in [3.8, 4) is 0 Å². The molecule has 0 spiro atoms. The van der Waals surface area contributed by atoms with Gasteiger partial charge in [-0.25, -0.2) is 8.42 Å². The largest absolute Gasteiger partial charge is 0.354 e. The van der Waals surface area contributed by atoms with E-state index in [1.807, 2.05) is 101 Å². The zero-order valence-electron chi connectivity index (χ0n) is 26.7. The third-order valence-corrected chi connectivity index (χ3v) is 9.48. The Morgan fingerprint density at radius 3 is 1.91 bits per heavy atom. The van der Waals surface area contributed by atoms with E-state index in [1.54, 1.807) is 36.4 Å². The van der Waals surface area contributed by atoms with Gasteiger partial charge >= 0.3 is 0 Å². The molecule has 0 aliphatic rings. The number of benzene rings is 4. The van der Waals surface area contributed by atoms with Crippen LogP contribution in [0.5, 0.6) is 0 Å². The van der Waals surface area contributed by atoms with Crippen LogP contribution in [0, 0.1) is 26.7 Å². The average molecular weight is 626 g/mol. The van der Waals surface area contributed by atoms with Gasteiger partial charge < -0.3 is 10.2 Å². The minimum absolute atomic E-state index is 0.0877. The number of carbonyl (C=O) groups excluding carboxylic acids is 2. The molecule has 0 aliphatic heterocycles. The van der Waals surface area contributed by atoms with Crippen molar-refractivity contribution in [1.82, 2.24) is 10.2 Å². The van der Waals surface area contributed by atoms with Gasteiger partial charge in [0.25, 0.3) is 10.0 Å². The Labute approximate surface area is 268 Å².